The summed E-state index contributed by atoms with van der Waals surface area (Å²) in [5, 5.41) is 80.6. The van der Waals surface area contributed by atoms with Gasteiger partial charge in [-0.25, -0.2) is 0 Å². The zero-order chi connectivity index (χ0) is 66.3. The number of rotatable bonds is 16. The summed E-state index contributed by atoms with van der Waals surface area (Å²) in [6, 6.07) is 0. The lowest BCUT2D eigenvalue weighted by atomic mass is 9.60. The number of hydrogen-bond donors (Lipinski definition) is 8. The number of allylic oxidation sites excluding steroid dienone is 12. The Labute approximate surface area is 549 Å². The summed E-state index contributed by atoms with van der Waals surface area (Å²) in [7, 11) is 0. The zero-order valence-electron chi connectivity index (χ0n) is 59.3. The van der Waals surface area contributed by atoms with Gasteiger partial charge in [-0.05, 0) is 266 Å². The molecular formula is C82H132O8. The molecule has 0 aromatic carbocycles. The highest BCUT2D eigenvalue weighted by molar-refractivity contribution is 5.40. The van der Waals surface area contributed by atoms with Crippen LogP contribution in [0.2, 0.25) is 0 Å². The van der Waals surface area contributed by atoms with Crippen molar-refractivity contribution < 1.29 is 40.9 Å². The maximum atomic E-state index is 10.2. The van der Waals surface area contributed by atoms with Crippen molar-refractivity contribution >= 4 is 0 Å². The van der Waals surface area contributed by atoms with Crippen LogP contribution in [0, 0.1) is 87.3 Å². The third-order valence-corrected chi connectivity index (χ3v) is 25.7. The molecule has 8 heteroatoms. The summed E-state index contributed by atoms with van der Waals surface area (Å²) in [6.07, 6.45) is 46.1. The second-order valence-corrected chi connectivity index (χ2v) is 33.7. The van der Waals surface area contributed by atoms with Gasteiger partial charge in [0.1, 0.15) is 0 Å². The van der Waals surface area contributed by atoms with E-state index in [0.717, 1.165) is 47.0 Å². The number of aliphatic hydroxyl groups excluding tert-OH is 6. The first-order valence-electron chi connectivity index (χ1n) is 36.6. The monoisotopic (exact) mass is 1240 g/mol. The van der Waals surface area contributed by atoms with E-state index in [1.165, 1.54) is 108 Å². The fourth-order valence-electron chi connectivity index (χ4n) is 19.4. The normalized spacial score (nSPS) is 39.1. The Balaban J connectivity index is 0.000000192. The Kier molecular flexibility index (Phi) is 26.3. The van der Waals surface area contributed by atoms with Gasteiger partial charge in [0.25, 0.3) is 0 Å². The molecule has 0 bridgehead atoms. The molecular weight excluding hydrogens is 1110 g/mol. The lowest BCUT2D eigenvalue weighted by Crippen LogP contribution is -2.36. The molecule has 0 aromatic rings. The van der Waals surface area contributed by atoms with Crippen LogP contribution in [0.3, 0.4) is 0 Å². The van der Waals surface area contributed by atoms with Crippen molar-refractivity contribution in [3.63, 3.8) is 0 Å². The maximum Gasteiger partial charge on any atom is 0.0811 e. The summed E-state index contributed by atoms with van der Waals surface area (Å²) in [5.74, 6) is 7.49. The molecule has 90 heavy (non-hydrogen) atoms. The van der Waals surface area contributed by atoms with Gasteiger partial charge in [0.2, 0.25) is 0 Å². The molecule has 9 saturated carbocycles. The van der Waals surface area contributed by atoms with E-state index in [1.807, 2.05) is 27.7 Å². The second kappa shape index (κ2) is 31.8. The molecule has 20 atom stereocenters. The minimum Gasteiger partial charge on any atom is -0.393 e. The van der Waals surface area contributed by atoms with E-state index in [1.54, 1.807) is 16.7 Å². The summed E-state index contributed by atoms with van der Waals surface area (Å²) in [6.45, 7) is 39.5. The highest BCUT2D eigenvalue weighted by Crippen LogP contribution is 2.62. The van der Waals surface area contributed by atoms with Crippen molar-refractivity contribution in [2.24, 2.45) is 87.3 Å². The topological polar surface area (TPSA) is 162 Å². The standard InChI is InChI=1S/C28H44O2.2C27H44O3/c1-18(2)19(3)9-10-20(4)25-13-14-26-22(8-7-15-28(25,26)6)11-12-23-16-24(29)17-27(30)21(23)5;1-18(8-6-14-26(3,4)30)23-12-13-24-20(9-7-15-27(23,24)5)10-11-21-16-22(28)17-25(29)19(21)2;1-18(8-9-19(2)26(3,4)30)24-12-13-25-21(7-6-14-27(24,25)5)11-10-20-15-22(28)17-23(29)16-20/h9-12,18-20,24-27,29-30H,5,7-8,13-17H2,1-4,6H3;10-11,18,22-25,28-30H,2,6-9,12-17H2,1,3-5H3;8-11,18-19,22-25,28-30H,6-7,12-17H2,1-5H3/b10-9+,22-11+,23-12-;20-10+,21-11-;9-8+,21-11+/t19-,20+,24+,25+,26-,27-,28+;18-,22-,23-,24+,25+,27-;18-,19+,22-,23-,24-,25+,27-/m011/s1. The van der Waals surface area contributed by atoms with Gasteiger partial charge in [-0.2, -0.15) is 0 Å². The van der Waals surface area contributed by atoms with Crippen molar-refractivity contribution in [3.8, 4) is 0 Å². The Morgan fingerprint density at radius 1 is 0.489 bits per heavy atom. The number of hydrogen-bond acceptors (Lipinski definition) is 8. The lowest BCUT2D eigenvalue weighted by molar-refractivity contribution is 0.0435. The highest BCUT2D eigenvalue weighted by atomic mass is 16.3. The molecule has 0 aliphatic heterocycles. The van der Waals surface area contributed by atoms with Gasteiger partial charge in [-0.1, -0.05) is 178 Å². The van der Waals surface area contributed by atoms with E-state index < -0.39 is 47.8 Å². The summed E-state index contributed by atoms with van der Waals surface area (Å²) in [5.41, 5.74) is 9.38. The summed E-state index contributed by atoms with van der Waals surface area (Å²) < 4.78 is 0. The van der Waals surface area contributed by atoms with Crippen LogP contribution in [0.1, 0.15) is 257 Å². The van der Waals surface area contributed by atoms with Crippen LogP contribution in [-0.4, -0.2) is 88.7 Å². The molecule has 508 valence electrons. The predicted molar refractivity (Wildman–Crippen MR) is 375 cm³/mol. The second-order valence-electron chi connectivity index (χ2n) is 33.7. The van der Waals surface area contributed by atoms with Gasteiger partial charge < -0.3 is 40.9 Å². The highest BCUT2D eigenvalue weighted by Gasteiger charge is 2.53. The van der Waals surface area contributed by atoms with E-state index in [9.17, 15) is 40.9 Å². The SMILES string of the molecule is C=C1/C(=C\C=C2/CCC[C@]3(C)[C@@H]([C@H](C)/C=C/[C@H](C)C(C)C)CC[C@@H]23)C[C@@H](O)C[C@@H]1O.C=C1/C(=C\C=C2/CCC[C@]3(C)[C@@H]([C@H](C)CCCC(C)(C)O)CC[C@@H]23)C[C@@H](O)C[C@@H]1O.C[C@H](/C=C/[C@H](C)C(C)(C)O)[C@H]1CC[C@H]2/C(=C/C=C3C[C@@H](O)C[C@H](O)C3)CCC[C@]12C. The Bertz CT molecular complexity index is 2630. The maximum absolute atomic E-state index is 10.2. The van der Waals surface area contributed by atoms with Gasteiger partial charge in [-0.3, -0.25) is 0 Å². The van der Waals surface area contributed by atoms with Gasteiger partial charge in [0.15, 0.2) is 0 Å². The minimum atomic E-state index is -0.674. The van der Waals surface area contributed by atoms with Crippen LogP contribution < -0.4 is 0 Å². The van der Waals surface area contributed by atoms with Crippen molar-refractivity contribution in [2.45, 2.75) is 305 Å². The first-order chi connectivity index (χ1) is 42.1. The molecule has 8 nitrogen and oxygen atoms in total. The van der Waals surface area contributed by atoms with E-state index in [4.69, 9.17) is 0 Å². The van der Waals surface area contributed by atoms with Crippen molar-refractivity contribution in [1.82, 2.24) is 0 Å². The van der Waals surface area contributed by atoms with E-state index >= 15 is 0 Å². The van der Waals surface area contributed by atoms with Gasteiger partial charge in [0, 0.05) is 18.8 Å². The molecule has 0 amide bonds. The molecule has 0 aromatic heterocycles. The van der Waals surface area contributed by atoms with Crippen LogP contribution in [0.5, 0.6) is 0 Å². The molecule has 0 saturated heterocycles. The smallest absolute Gasteiger partial charge is 0.0811 e. The fraction of sp³-hybridized carbons (Fsp3) is 0.756. The average molecular weight is 1250 g/mol. The lowest BCUT2D eigenvalue weighted by Gasteiger charge is -2.44. The Hall–Kier alpha value is -2.92. The van der Waals surface area contributed by atoms with E-state index in [2.05, 4.69) is 143 Å². The molecule has 9 fully saturated rings. The molecule has 9 rings (SSSR count). The third kappa shape index (κ3) is 18.8. The van der Waals surface area contributed by atoms with Gasteiger partial charge in [-0.15, -0.1) is 0 Å². The molecule has 9 aliphatic rings. The molecule has 0 spiro atoms. The van der Waals surface area contributed by atoms with Gasteiger partial charge >= 0.3 is 0 Å². The van der Waals surface area contributed by atoms with Crippen LogP contribution in [0.15, 0.2) is 119 Å². The minimum absolute atomic E-state index is 0.152. The van der Waals surface area contributed by atoms with Crippen molar-refractivity contribution in [1.29, 1.82) is 0 Å². The molecule has 0 radical (unpaired) electrons. The Morgan fingerprint density at radius 3 is 1.29 bits per heavy atom. The first kappa shape index (κ1) is 74.5. The first-order valence-corrected chi connectivity index (χ1v) is 36.6. The summed E-state index contributed by atoms with van der Waals surface area (Å²) in [4.78, 5) is 0. The van der Waals surface area contributed by atoms with Crippen LogP contribution >= 0.6 is 0 Å². The number of aliphatic hydroxyl groups is 8. The molecule has 9 aliphatic carbocycles. The number of fused-ring (bicyclic) bond motifs is 3. The Morgan fingerprint density at radius 2 is 0.878 bits per heavy atom. The average Bonchev–Trinajstić information content (AvgIpc) is 1.65. The fourth-order valence-corrected chi connectivity index (χ4v) is 19.4. The van der Waals surface area contributed by atoms with Crippen LogP contribution in [0.4, 0.5) is 0 Å². The molecule has 8 N–H and O–H groups in total. The quantitative estimate of drug-likeness (QED) is 0.0709. The van der Waals surface area contributed by atoms with E-state index in [0.29, 0.717) is 114 Å². The largest absolute Gasteiger partial charge is 0.393 e. The molecule has 0 heterocycles. The van der Waals surface area contributed by atoms with Gasteiger partial charge in [0.05, 0.1) is 47.8 Å². The van der Waals surface area contributed by atoms with Crippen LogP contribution in [-0.2, 0) is 0 Å². The van der Waals surface area contributed by atoms with Crippen LogP contribution in [0.25, 0.3) is 0 Å². The molecule has 0 unspecified atom stereocenters. The van der Waals surface area contributed by atoms with Crippen molar-refractivity contribution in [3.05, 3.63) is 119 Å². The van der Waals surface area contributed by atoms with E-state index in [-0.39, 0.29) is 5.92 Å². The third-order valence-electron chi connectivity index (χ3n) is 25.7. The summed E-state index contributed by atoms with van der Waals surface area (Å²) >= 11 is 0. The predicted octanol–water partition coefficient (Wildman–Crippen LogP) is 17.9. The zero-order valence-corrected chi connectivity index (χ0v) is 59.3. The van der Waals surface area contributed by atoms with Crippen molar-refractivity contribution in [2.75, 3.05) is 0 Å².